The summed E-state index contributed by atoms with van der Waals surface area (Å²) in [4.78, 5) is 40.0. The number of piperazine rings is 1. The van der Waals surface area contributed by atoms with E-state index in [1.807, 2.05) is 25.1 Å². The summed E-state index contributed by atoms with van der Waals surface area (Å²) in [5.74, 6) is -0.226. The molecule has 1 amide bonds. The molecule has 1 aliphatic rings. The summed E-state index contributed by atoms with van der Waals surface area (Å²) < 4.78 is 3.15. The molecule has 174 valence electrons. The molecule has 1 N–H and O–H groups in total. The van der Waals surface area contributed by atoms with Gasteiger partial charge in [0.25, 0.3) is 11.5 Å². The first-order valence-corrected chi connectivity index (χ1v) is 11.5. The third kappa shape index (κ3) is 3.77. The van der Waals surface area contributed by atoms with E-state index in [0.717, 1.165) is 30.8 Å². The topological polar surface area (TPSA) is 99.6 Å². The van der Waals surface area contributed by atoms with Crippen molar-refractivity contribution in [1.82, 2.24) is 28.7 Å². The van der Waals surface area contributed by atoms with E-state index in [2.05, 4.69) is 16.8 Å². The lowest BCUT2D eigenvalue weighted by atomic mass is 10.1. The number of fused-ring (bicyclic) bond motifs is 2. The summed E-state index contributed by atoms with van der Waals surface area (Å²) in [6.45, 7) is 8.02. The Hall–Kier alpha value is -3.85. The number of nitrogens with one attached hydrogen (secondary N) is 1. The number of hydrogen-bond donors (Lipinski definition) is 1. The van der Waals surface area contributed by atoms with Gasteiger partial charge in [0.15, 0.2) is 0 Å². The van der Waals surface area contributed by atoms with Crippen molar-refractivity contribution in [3.8, 4) is 0 Å². The maximum absolute atomic E-state index is 13.5. The van der Waals surface area contributed by atoms with Gasteiger partial charge in [-0.2, -0.15) is 0 Å². The molecule has 9 nitrogen and oxygen atoms in total. The molecule has 5 heterocycles. The molecule has 4 aromatic heterocycles. The van der Waals surface area contributed by atoms with E-state index in [4.69, 9.17) is 10.4 Å². The highest BCUT2D eigenvalue weighted by Crippen LogP contribution is 2.15. The van der Waals surface area contributed by atoms with Gasteiger partial charge in [-0.1, -0.05) is 19.1 Å². The quantitative estimate of drug-likeness (QED) is 0.470. The Labute approximate surface area is 196 Å². The minimum Gasteiger partial charge on any atom is -0.336 e. The van der Waals surface area contributed by atoms with E-state index in [-0.39, 0.29) is 29.1 Å². The molecule has 0 bridgehead atoms. The van der Waals surface area contributed by atoms with Crippen molar-refractivity contribution in [2.45, 2.75) is 20.4 Å². The van der Waals surface area contributed by atoms with Crippen LogP contribution in [-0.2, 0) is 6.54 Å². The molecule has 0 unspecified atom stereocenters. The molecular weight excluding hydrogens is 430 g/mol. The molecule has 0 atom stereocenters. The lowest BCUT2D eigenvalue weighted by molar-refractivity contribution is 0.0640. The van der Waals surface area contributed by atoms with Crippen LogP contribution in [0.2, 0.25) is 0 Å². The van der Waals surface area contributed by atoms with Gasteiger partial charge in [-0.15, -0.1) is 0 Å². The third-order valence-electron chi connectivity index (χ3n) is 6.53. The first-order chi connectivity index (χ1) is 16.5. The van der Waals surface area contributed by atoms with E-state index < -0.39 is 0 Å². The van der Waals surface area contributed by atoms with Gasteiger partial charge < -0.3 is 14.4 Å². The van der Waals surface area contributed by atoms with E-state index in [0.29, 0.717) is 29.8 Å². The van der Waals surface area contributed by atoms with Gasteiger partial charge in [0.05, 0.1) is 17.5 Å². The van der Waals surface area contributed by atoms with E-state index >= 15 is 0 Å². The fourth-order valence-electron chi connectivity index (χ4n) is 4.53. The van der Waals surface area contributed by atoms with Crippen molar-refractivity contribution < 1.29 is 4.79 Å². The summed E-state index contributed by atoms with van der Waals surface area (Å²) in [6, 6.07) is 8.98. The molecule has 1 aliphatic heterocycles. The lowest BCUT2D eigenvalue weighted by Crippen LogP contribution is -2.49. The zero-order valence-electron chi connectivity index (χ0n) is 19.4. The average molecular weight is 458 g/mol. The number of carbonyl (C=O) groups is 1. The number of aromatic nitrogens is 4. The van der Waals surface area contributed by atoms with Gasteiger partial charge in [0.2, 0.25) is 0 Å². The highest BCUT2D eigenvalue weighted by molar-refractivity contribution is 5.97. The van der Waals surface area contributed by atoms with Crippen molar-refractivity contribution in [1.29, 1.82) is 5.41 Å². The summed E-state index contributed by atoms with van der Waals surface area (Å²) >= 11 is 0. The van der Waals surface area contributed by atoms with Gasteiger partial charge in [-0.05, 0) is 42.8 Å². The van der Waals surface area contributed by atoms with Crippen LogP contribution < -0.4 is 11.0 Å². The van der Waals surface area contributed by atoms with Crippen molar-refractivity contribution >= 4 is 22.6 Å². The predicted octanol–water partition coefficient (Wildman–Crippen LogP) is 1.66. The van der Waals surface area contributed by atoms with Crippen LogP contribution in [0.5, 0.6) is 0 Å². The van der Waals surface area contributed by atoms with Crippen molar-refractivity contribution in [3.05, 3.63) is 81.5 Å². The molecule has 1 saturated heterocycles. The van der Waals surface area contributed by atoms with Gasteiger partial charge in [-0.25, -0.2) is 4.98 Å². The zero-order chi connectivity index (χ0) is 23.8. The highest BCUT2D eigenvalue weighted by atomic mass is 16.2. The molecule has 4 aromatic rings. The molecule has 0 saturated carbocycles. The third-order valence-corrected chi connectivity index (χ3v) is 6.53. The summed E-state index contributed by atoms with van der Waals surface area (Å²) in [7, 11) is 0. The van der Waals surface area contributed by atoms with Crippen LogP contribution in [0.25, 0.3) is 16.7 Å². The number of nitrogens with zero attached hydrogens (tertiary/aromatic N) is 6. The minimum atomic E-state index is -0.256. The number of hydrogen-bond acceptors (Lipinski definition) is 6. The molecule has 34 heavy (non-hydrogen) atoms. The Balaban J connectivity index is 1.72. The Morgan fingerprint density at radius 3 is 2.62 bits per heavy atom. The Bertz CT molecular complexity index is 1500. The van der Waals surface area contributed by atoms with Gasteiger partial charge >= 0.3 is 0 Å². The smallest absolute Gasteiger partial charge is 0.267 e. The number of aryl methyl sites for hydroxylation is 1. The van der Waals surface area contributed by atoms with Gasteiger partial charge in [-0.3, -0.25) is 24.4 Å². The lowest BCUT2D eigenvalue weighted by Gasteiger charge is -2.34. The molecule has 1 fully saturated rings. The van der Waals surface area contributed by atoms with Crippen LogP contribution >= 0.6 is 0 Å². The highest BCUT2D eigenvalue weighted by Gasteiger charge is 2.25. The van der Waals surface area contributed by atoms with E-state index in [1.54, 1.807) is 40.2 Å². The molecule has 5 rings (SSSR count). The maximum Gasteiger partial charge on any atom is 0.267 e. The van der Waals surface area contributed by atoms with Crippen molar-refractivity contribution in [2.75, 3.05) is 32.7 Å². The summed E-state index contributed by atoms with van der Waals surface area (Å²) in [6.07, 6.45) is 5.09. The van der Waals surface area contributed by atoms with Crippen LogP contribution in [0, 0.1) is 12.3 Å². The maximum atomic E-state index is 13.5. The number of amides is 1. The van der Waals surface area contributed by atoms with E-state index in [9.17, 15) is 9.59 Å². The molecule has 0 radical (unpaired) electrons. The van der Waals surface area contributed by atoms with Crippen LogP contribution in [0.4, 0.5) is 0 Å². The SMILES string of the molecule is CCN1CCN(C(=O)c2cc3c(=O)n4cccc(C)c4nc3n(Cc3cccnc3)c2=N)CC1. The summed E-state index contributed by atoms with van der Waals surface area (Å²) in [5.41, 5.74) is 2.64. The van der Waals surface area contributed by atoms with Gasteiger partial charge in [0.1, 0.15) is 16.8 Å². The predicted molar refractivity (Wildman–Crippen MR) is 129 cm³/mol. The fraction of sp³-hybridized carbons (Fsp3) is 0.320. The Morgan fingerprint density at radius 1 is 1.12 bits per heavy atom. The normalized spacial score (nSPS) is 14.7. The average Bonchev–Trinajstić information content (AvgIpc) is 2.87. The standard InChI is InChI=1S/C25H27N7O2/c1-3-29-10-12-30(13-11-29)24(33)19-14-20-23(28-22-17(2)6-5-9-31(22)25(20)34)32(21(19)26)16-18-7-4-8-27-15-18/h4-9,14-15,26H,3,10-13,16H2,1-2H3. The molecule has 0 aromatic carbocycles. The monoisotopic (exact) mass is 457 g/mol. The second-order valence-corrected chi connectivity index (χ2v) is 8.62. The number of carbonyl (C=O) groups excluding carboxylic acids is 1. The first-order valence-electron chi connectivity index (χ1n) is 11.5. The first kappa shape index (κ1) is 22.0. The Kier molecular flexibility index (Phi) is 5.70. The van der Waals surface area contributed by atoms with Crippen molar-refractivity contribution in [2.24, 2.45) is 0 Å². The minimum absolute atomic E-state index is 0.0455. The number of likely N-dealkylation sites (N-methyl/N-ethyl adjacent to an activating group) is 1. The molecule has 0 spiro atoms. The van der Waals surface area contributed by atoms with Crippen LogP contribution in [-0.4, -0.2) is 67.4 Å². The summed E-state index contributed by atoms with van der Waals surface area (Å²) in [5, 5.41) is 9.29. The fourth-order valence-corrected chi connectivity index (χ4v) is 4.53. The number of rotatable bonds is 4. The molecule has 9 heteroatoms. The van der Waals surface area contributed by atoms with Gasteiger partial charge in [0, 0.05) is 44.8 Å². The van der Waals surface area contributed by atoms with Crippen molar-refractivity contribution in [3.63, 3.8) is 0 Å². The Morgan fingerprint density at radius 2 is 1.91 bits per heavy atom. The van der Waals surface area contributed by atoms with Crippen LogP contribution in [0.1, 0.15) is 28.4 Å². The molecular formula is C25H27N7O2. The largest absolute Gasteiger partial charge is 0.336 e. The van der Waals surface area contributed by atoms with E-state index in [1.165, 1.54) is 4.40 Å². The second-order valence-electron chi connectivity index (χ2n) is 8.62. The number of pyridine rings is 3. The van der Waals surface area contributed by atoms with Crippen LogP contribution in [0.3, 0.4) is 0 Å². The second kappa shape index (κ2) is 8.83. The van der Waals surface area contributed by atoms with Crippen LogP contribution in [0.15, 0.2) is 53.7 Å². The zero-order valence-corrected chi connectivity index (χ0v) is 19.4. The molecule has 0 aliphatic carbocycles.